The molecule has 0 aliphatic carbocycles. The minimum atomic E-state index is -0.364. The summed E-state index contributed by atoms with van der Waals surface area (Å²) in [6.45, 7) is 1.43. The lowest BCUT2D eigenvalue weighted by molar-refractivity contribution is -0.130. The number of imidazole rings is 1. The third-order valence-electron chi connectivity index (χ3n) is 6.35. The van der Waals surface area contributed by atoms with Gasteiger partial charge in [-0.05, 0) is 31.4 Å². The molecule has 2 aliphatic rings. The van der Waals surface area contributed by atoms with Gasteiger partial charge < -0.3 is 24.3 Å². The molecule has 10 nitrogen and oxygen atoms in total. The first-order valence-corrected chi connectivity index (χ1v) is 11.9. The molecule has 0 bridgehead atoms. The third-order valence-corrected chi connectivity index (χ3v) is 6.73. The van der Waals surface area contributed by atoms with Crippen LogP contribution in [0.5, 0.6) is 5.75 Å². The number of hydrogen-bond acceptors (Lipinski definition) is 6. The zero-order valence-corrected chi connectivity index (χ0v) is 20.4. The number of benzene rings is 1. The first-order valence-electron chi connectivity index (χ1n) is 11.5. The molecule has 184 valence electrons. The molecule has 2 aliphatic heterocycles. The number of amides is 2. The first kappa shape index (κ1) is 23.4. The number of rotatable bonds is 6. The van der Waals surface area contributed by atoms with Gasteiger partial charge in [-0.15, -0.1) is 0 Å². The number of halogens is 1. The second-order valence-corrected chi connectivity index (χ2v) is 9.23. The average Bonchev–Trinajstić information content (AvgIpc) is 3.48. The van der Waals surface area contributed by atoms with Crippen molar-refractivity contribution < 1.29 is 19.1 Å². The fourth-order valence-corrected chi connectivity index (χ4v) is 4.67. The summed E-state index contributed by atoms with van der Waals surface area (Å²) in [5.74, 6) is -0.00232. The summed E-state index contributed by atoms with van der Waals surface area (Å²) in [6, 6.07) is 4.94. The van der Waals surface area contributed by atoms with Crippen molar-refractivity contribution in [2.45, 2.75) is 38.5 Å². The van der Waals surface area contributed by atoms with Crippen LogP contribution in [0.3, 0.4) is 0 Å². The lowest BCUT2D eigenvalue weighted by atomic mass is 10.0. The summed E-state index contributed by atoms with van der Waals surface area (Å²) in [5, 5.41) is 7.94. The van der Waals surface area contributed by atoms with E-state index in [4.69, 9.17) is 21.1 Å². The first-order chi connectivity index (χ1) is 16.9. The molecule has 0 saturated heterocycles. The zero-order valence-electron chi connectivity index (χ0n) is 19.7. The molecule has 0 saturated carbocycles. The number of hydrogen-bond donors (Lipinski definition) is 1. The van der Waals surface area contributed by atoms with Crippen molar-refractivity contribution in [3.05, 3.63) is 58.4 Å². The van der Waals surface area contributed by atoms with Crippen molar-refractivity contribution in [2.75, 3.05) is 27.3 Å². The van der Waals surface area contributed by atoms with Crippen LogP contribution in [-0.4, -0.2) is 63.4 Å². The maximum atomic E-state index is 13.1. The molecule has 1 aromatic carbocycles. The molecular weight excluding hydrogens is 472 g/mol. The lowest BCUT2D eigenvalue weighted by Crippen LogP contribution is -2.35. The Labute approximate surface area is 207 Å². The van der Waals surface area contributed by atoms with Crippen molar-refractivity contribution in [3.63, 3.8) is 0 Å². The SMILES string of the molecule is CN(C)C(=O)COc1cccc(-n2ncc3c2COCC3NC(=O)c2ncn3c2CCCC3)c1Cl. The maximum absolute atomic E-state index is 13.1. The van der Waals surface area contributed by atoms with Crippen LogP contribution in [-0.2, 0) is 29.1 Å². The quantitative estimate of drug-likeness (QED) is 0.560. The second kappa shape index (κ2) is 9.71. The van der Waals surface area contributed by atoms with E-state index >= 15 is 0 Å². The molecule has 3 aromatic rings. The van der Waals surface area contributed by atoms with Gasteiger partial charge >= 0.3 is 0 Å². The predicted molar refractivity (Wildman–Crippen MR) is 128 cm³/mol. The summed E-state index contributed by atoms with van der Waals surface area (Å²) in [4.78, 5) is 30.8. The molecule has 0 radical (unpaired) electrons. The van der Waals surface area contributed by atoms with Crippen LogP contribution in [0.25, 0.3) is 5.69 Å². The summed E-state index contributed by atoms with van der Waals surface area (Å²) in [6.07, 6.45) is 6.48. The molecule has 1 N–H and O–H groups in total. The van der Waals surface area contributed by atoms with Crippen LogP contribution in [0.4, 0.5) is 0 Å². The fourth-order valence-electron chi connectivity index (χ4n) is 4.41. The van der Waals surface area contributed by atoms with Gasteiger partial charge in [0.15, 0.2) is 6.61 Å². The number of aromatic nitrogens is 4. The van der Waals surface area contributed by atoms with Gasteiger partial charge in [0.05, 0.1) is 48.9 Å². The molecule has 4 heterocycles. The molecule has 2 amide bonds. The van der Waals surface area contributed by atoms with Gasteiger partial charge in [-0.25, -0.2) is 9.67 Å². The van der Waals surface area contributed by atoms with Crippen LogP contribution in [0.1, 0.15) is 46.3 Å². The van der Waals surface area contributed by atoms with Gasteiger partial charge in [0.1, 0.15) is 16.5 Å². The van der Waals surface area contributed by atoms with E-state index in [1.165, 1.54) is 4.90 Å². The zero-order chi connectivity index (χ0) is 24.5. The van der Waals surface area contributed by atoms with Gasteiger partial charge in [0.25, 0.3) is 11.8 Å². The van der Waals surface area contributed by atoms with Gasteiger partial charge in [0.2, 0.25) is 0 Å². The normalized spacial score (nSPS) is 16.8. The Kier molecular flexibility index (Phi) is 6.48. The van der Waals surface area contributed by atoms with Crippen LogP contribution in [0, 0.1) is 0 Å². The number of aryl methyl sites for hydroxylation is 1. The number of likely N-dealkylation sites (N-methyl/N-ethyl adjacent to an activating group) is 1. The number of fused-ring (bicyclic) bond motifs is 2. The number of carbonyl (C=O) groups is 2. The standard InChI is InChI=1S/C24H27ClN6O4/c1-29(2)21(32)13-35-20-8-5-7-17(22(20)25)31-19-12-34-11-16(15(19)10-27-31)28-24(33)23-18-6-3-4-9-30(18)14-26-23/h5,7-8,10,14,16H,3-4,6,9,11-13H2,1-2H3,(H,28,33). The second-order valence-electron chi connectivity index (χ2n) is 8.86. The van der Waals surface area contributed by atoms with Crippen molar-refractivity contribution in [1.82, 2.24) is 29.5 Å². The van der Waals surface area contributed by atoms with Gasteiger partial charge in [-0.1, -0.05) is 17.7 Å². The van der Waals surface area contributed by atoms with Crippen molar-refractivity contribution in [2.24, 2.45) is 0 Å². The van der Waals surface area contributed by atoms with E-state index in [0.29, 0.717) is 35.4 Å². The summed E-state index contributed by atoms with van der Waals surface area (Å²) >= 11 is 6.63. The van der Waals surface area contributed by atoms with Crippen molar-refractivity contribution >= 4 is 23.4 Å². The highest BCUT2D eigenvalue weighted by Gasteiger charge is 2.30. The van der Waals surface area contributed by atoms with Gasteiger partial charge in [-0.3, -0.25) is 9.59 Å². The summed E-state index contributed by atoms with van der Waals surface area (Å²) in [7, 11) is 3.33. The van der Waals surface area contributed by atoms with E-state index < -0.39 is 0 Å². The summed E-state index contributed by atoms with van der Waals surface area (Å²) < 4.78 is 15.2. The Morgan fingerprint density at radius 3 is 2.97 bits per heavy atom. The minimum absolute atomic E-state index is 0.123. The maximum Gasteiger partial charge on any atom is 0.272 e. The van der Waals surface area contributed by atoms with Crippen LogP contribution >= 0.6 is 11.6 Å². The Hall–Kier alpha value is -3.37. The Bertz CT molecular complexity index is 1270. The minimum Gasteiger partial charge on any atom is -0.482 e. The third kappa shape index (κ3) is 4.51. The Morgan fingerprint density at radius 2 is 2.14 bits per heavy atom. The van der Waals surface area contributed by atoms with Gasteiger partial charge in [0, 0.05) is 26.2 Å². The number of nitrogens with one attached hydrogen (secondary N) is 1. The smallest absolute Gasteiger partial charge is 0.272 e. The molecule has 11 heteroatoms. The van der Waals surface area contributed by atoms with Crippen molar-refractivity contribution in [1.29, 1.82) is 0 Å². The molecule has 0 fully saturated rings. The monoisotopic (exact) mass is 498 g/mol. The van der Waals surface area contributed by atoms with Gasteiger partial charge in [-0.2, -0.15) is 5.10 Å². The van der Waals surface area contributed by atoms with Crippen molar-refractivity contribution in [3.8, 4) is 11.4 Å². The molecule has 1 atom stereocenters. The highest BCUT2D eigenvalue weighted by atomic mass is 35.5. The van der Waals surface area contributed by atoms with Crippen LogP contribution < -0.4 is 10.1 Å². The molecular formula is C24H27ClN6O4. The van der Waals surface area contributed by atoms with E-state index in [2.05, 4.69) is 20.0 Å². The Morgan fingerprint density at radius 1 is 1.29 bits per heavy atom. The predicted octanol–water partition coefficient (Wildman–Crippen LogP) is 2.53. The largest absolute Gasteiger partial charge is 0.482 e. The fraction of sp³-hybridized carbons (Fsp3) is 0.417. The van der Waals surface area contributed by atoms with E-state index in [0.717, 1.165) is 42.8 Å². The Balaban J connectivity index is 1.37. The highest BCUT2D eigenvalue weighted by molar-refractivity contribution is 6.33. The number of ether oxygens (including phenoxy) is 2. The number of nitrogens with zero attached hydrogens (tertiary/aromatic N) is 5. The van der Waals surface area contributed by atoms with Crippen LogP contribution in [0.15, 0.2) is 30.7 Å². The van der Waals surface area contributed by atoms with Crippen LogP contribution in [0.2, 0.25) is 5.02 Å². The average molecular weight is 499 g/mol. The molecule has 5 rings (SSSR count). The van der Waals surface area contributed by atoms with E-state index in [9.17, 15) is 9.59 Å². The molecule has 2 aromatic heterocycles. The molecule has 35 heavy (non-hydrogen) atoms. The van der Waals surface area contributed by atoms with E-state index in [-0.39, 0.29) is 24.5 Å². The van der Waals surface area contributed by atoms with E-state index in [1.54, 1.807) is 43.4 Å². The molecule has 1 unspecified atom stereocenters. The van der Waals surface area contributed by atoms with E-state index in [1.807, 2.05) is 6.07 Å². The topological polar surface area (TPSA) is 104 Å². The highest BCUT2D eigenvalue weighted by Crippen LogP contribution is 2.34. The number of carbonyl (C=O) groups excluding carboxylic acids is 2. The summed E-state index contributed by atoms with van der Waals surface area (Å²) in [5.41, 5.74) is 3.71. The molecule has 0 spiro atoms. The lowest BCUT2D eigenvalue weighted by Gasteiger charge is -2.25.